The third-order valence-electron chi connectivity index (χ3n) is 6.64. The maximum Gasteiger partial charge on any atom is 0.243 e. The molecule has 3 aromatic carbocycles. The lowest BCUT2D eigenvalue weighted by molar-refractivity contribution is -0.141. The van der Waals surface area contributed by atoms with Crippen LogP contribution in [0.4, 0.5) is 0 Å². The minimum absolute atomic E-state index is 0.0316. The van der Waals surface area contributed by atoms with Crippen molar-refractivity contribution in [3.05, 3.63) is 101 Å². The lowest BCUT2D eigenvalue weighted by Crippen LogP contribution is -2.51. The van der Waals surface area contributed by atoms with Gasteiger partial charge in [0.2, 0.25) is 11.8 Å². The Bertz CT molecular complexity index is 1180. The van der Waals surface area contributed by atoms with E-state index in [-0.39, 0.29) is 23.3 Å². The zero-order valence-electron chi connectivity index (χ0n) is 23.7. The maximum atomic E-state index is 13.8. The van der Waals surface area contributed by atoms with Gasteiger partial charge in [-0.3, -0.25) is 9.59 Å². The number of aryl methyl sites for hydroxylation is 1. The van der Waals surface area contributed by atoms with Crippen molar-refractivity contribution in [1.29, 1.82) is 0 Å². The van der Waals surface area contributed by atoms with Gasteiger partial charge in [-0.05, 0) is 60.1 Å². The normalized spacial score (nSPS) is 12.2. The molecule has 0 saturated carbocycles. The molecule has 2 amide bonds. The van der Waals surface area contributed by atoms with E-state index in [1.807, 2.05) is 68.4 Å². The molecule has 3 aromatic rings. The number of carbonyl (C=O) groups is 2. The van der Waals surface area contributed by atoms with E-state index >= 15 is 0 Å². The smallest absolute Gasteiger partial charge is 0.243 e. The van der Waals surface area contributed by atoms with Crippen LogP contribution < -0.4 is 10.1 Å². The van der Waals surface area contributed by atoms with Crippen LogP contribution in [0.5, 0.6) is 5.75 Å². The Kier molecular flexibility index (Phi) is 10.1. The van der Waals surface area contributed by atoms with E-state index in [2.05, 4.69) is 50.4 Å². The zero-order chi connectivity index (χ0) is 27.7. The minimum Gasteiger partial charge on any atom is -0.497 e. The fraction of sp³-hybridized carbons (Fsp3) is 0.394. The fourth-order valence-corrected chi connectivity index (χ4v) is 4.47. The number of nitrogens with one attached hydrogen (secondary N) is 1. The predicted octanol–water partition coefficient (Wildman–Crippen LogP) is 6.09. The van der Waals surface area contributed by atoms with Crippen LogP contribution in [0.2, 0.25) is 0 Å². The molecule has 0 spiro atoms. The summed E-state index contributed by atoms with van der Waals surface area (Å²) in [4.78, 5) is 29.1. The first kappa shape index (κ1) is 29.0. The summed E-state index contributed by atoms with van der Waals surface area (Å²) in [6, 6.07) is 25.4. The van der Waals surface area contributed by atoms with Gasteiger partial charge in [-0.2, -0.15) is 0 Å². The number of amides is 2. The Hall–Kier alpha value is -3.60. The van der Waals surface area contributed by atoms with Gasteiger partial charge in [0.05, 0.1) is 7.11 Å². The predicted molar refractivity (Wildman–Crippen MR) is 154 cm³/mol. The summed E-state index contributed by atoms with van der Waals surface area (Å²) in [5.41, 5.74) is 4.38. The lowest BCUT2D eigenvalue weighted by atomic mass is 9.86. The highest BCUT2D eigenvalue weighted by atomic mass is 16.5. The van der Waals surface area contributed by atoms with E-state index in [1.54, 1.807) is 12.0 Å². The molecule has 3 rings (SSSR count). The van der Waals surface area contributed by atoms with Gasteiger partial charge in [0.15, 0.2) is 0 Å². The molecule has 0 heterocycles. The van der Waals surface area contributed by atoms with Gasteiger partial charge < -0.3 is 15.0 Å². The largest absolute Gasteiger partial charge is 0.497 e. The number of carbonyl (C=O) groups excluding carboxylic acids is 2. The summed E-state index contributed by atoms with van der Waals surface area (Å²) in [6.07, 6.45) is 1.37. The minimum atomic E-state index is -0.637. The van der Waals surface area contributed by atoms with Crippen molar-refractivity contribution in [3.8, 4) is 5.75 Å². The van der Waals surface area contributed by atoms with Crippen molar-refractivity contribution in [2.24, 2.45) is 0 Å². The second kappa shape index (κ2) is 13.3. The monoisotopic (exact) mass is 514 g/mol. The van der Waals surface area contributed by atoms with Crippen molar-refractivity contribution in [2.45, 2.75) is 77.9 Å². The van der Waals surface area contributed by atoms with Crippen molar-refractivity contribution in [2.75, 3.05) is 7.11 Å². The molecule has 5 nitrogen and oxygen atoms in total. The van der Waals surface area contributed by atoms with Gasteiger partial charge >= 0.3 is 0 Å². The van der Waals surface area contributed by atoms with Crippen LogP contribution in [0.15, 0.2) is 78.9 Å². The molecule has 0 aliphatic rings. The zero-order valence-corrected chi connectivity index (χ0v) is 23.7. The van der Waals surface area contributed by atoms with Gasteiger partial charge in [-0.1, -0.05) is 87.5 Å². The Morgan fingerprint density at radius 2 is 1.53 bits per heavy atom. The molecule has 0 aliphatic carbocycles. The highest BCUT2D eigenvalue weighted by Crippen LogP contribution is 2.23. The highest BCUT2D eigenvalue weighted by molar-refractivity contribution is 5.88. The second-order valence-corrected chi connectivity index (χ2v) is 11.2. The quantitative estimate of drug-likeness (QED) is 0.337. The molecule has 1 atom stereocenters. The molecule has 202 valence electrons. The fourth-order valence-electron chi connectivity index (χ4n) is 4.47. The van der Waals surface area contributed by atoms with E-state index in [1.165, 1.54) is 5.56 Å². The second-order valence-electron chi connectivity index (χ2n) is 11.2. The summed E-state index contributed by atoms with van der Waals surface area (Å²) < 4.78 is 5.41. The van der Waals surface area contributed by atoms with Crippen LogP contribution in [0.1, 0.15) is 63.3 Å². The number of nitrogens with zero attached hydrogens (tertiary/aromatic N) is 1. The molecule has 0 saturated heterocycles. The topological polar surface area (TPSA) is 58.6 Å². The van der Waals surface area contributed by atoms with Crippen LogP contribution in [-0.2, 0) is 34.4 Å². The molecule has 0 aromatic heterocycles. The van der Waals surface area contributed by atoms with Gasteiger partial charge in [-0.15, -0.1) is 0 Å². The van der Waals surface area contributed by atoms with Crippen molar-refractivity contribution in [3.63, 3.8) is 0 Å². The van der Waals surface area contributed by atoms with Gasteiger partial charge in [0.25, 0.3) is 0 Å². The third kappa shape index (κ3) is 8.47. The maximum absolute atomic E-state index is 13.8. The average molecular weight is 515 g/mol. The van der Waals surface area contributed by atoms with Crippen LogP contribution in [0.3, 0.4) is 0 Å². The van der Waals surface area contributed by atoms with Crippen LogP contribution in [0, 0.1) is 0 Å². The summed E-state index contributed by atoms with van der Waals surface area (Å²) in [7, 11) is 1.63. The first-order valence-corrected chi connectivity index (χ1v) is 13.4. The molecule has 1 N–H and O–H groups in total. The summed E-state index contributed by atoms with van der Waals surface area (Å²) in [6.45, 7) is 10.8. The molecule has 0 radical (unpaired) electrons. The van der Waals surface area contributed by atoms with E-state index < -0.39 is 6.04 Å². The van der Waals surface area contributed by atoms with Crippen molar-refractivity contribution in [1.82, 2.24) is 10.2 Å². The molecule has 5 heteroatoms. The molecule has 1 unspecified atom stereocenters. The number of rotatable bonds is 11. The van der Waals surface area contributed by atoms with E-state index in [0.29, 0.717) is 25.8 Å². The van der Waals surface area contributed by atoms with E-state index in [0.717, 1.165) is 22.4 Å². The average Bonchev–Trinajstić information content (AvgIpc) is 2.89. The van der Waals surface area contributed by atoms with E-state index in [4.69, 9.17) is 4.74 Å². The SMILES string of the molecule is COc1cccc(CN(C(=O)CCc2ccc(C(C)(C)C)cc2)C(Cc2ccccc2)C(=O)NC(C)C)c1. The summed E-state index contributed by atoms with van der Waals surface area (Å²) in [5.74, 6) is 0.530. The number of hydrogen-bond acceptors (Lipinski definition) is 3. The van der Waals surface area contributed by atoms with Crippen LogP contribution in [0.25, 0.3) is 0 Å². The Morgan fingerprint density at radius 3 is 2.13 bits per heavy atom. The molecule has 0 aliphatic heterocycles. The number of hydrogen-bond donors (Lipinski definition) is 1. The number of benzene rings is 3. The van der Waals surface area contributed by atoms with Gasteiger partial charge in [-0.25, -0.2) is 0 Å². The lowest BCUT2D eigenvalue weighted by Gasteiger charge is -2.32. The van der Waals surface area contributed by atoms with Gasteiger partial charge in [0, 0.05) is 25.4 Å². The molecular weight excluding hydrogens is 472 g/mol. The number of methoxy groups -OCH3 is 1. The van der Waals surface area contributed by atoms with Crippen molar-refractivity contribution >= 4 is 11.8 Å². The first-order valence-electron chi connectivity index (χ1n) is 13.4. The molecule has 38 heavy (non-hydrogen) atoms. The van der Waals surface area contributed by atoms with Gasteiger partial charge in [0.1, 0.15) is 11.8 Å². The Morgan fingerprint density at radius 1 is 0.868 bits per heavy atom. The van der Waals surface area contributed by atoms with Crippen LogP contribution >= 0.6 is 0 Å². The van der Waals surface area contributed by atoms with E-state index in [9.17, 15) is 9.59 Å². The standard InChI is InChI=1S/C33H42N2O3/c1-24(2)34-32(37)30(22-26-11-8-7-9-12-26)35(23-27-13-10-14-29(21-27)38-6)31(36)20-17-25-15-18-28(19-16-25)33(3,4)5/h7-16,18-19,21,24,30H,17,20,22-23H2,1-6H3,(H,34,37). The van der Waals surface area contributed by atoms with Crippen molar-refractivity contribution < 1.29 is 14.3 Å². The Balaban J connectivity index is 1.89. The summed E-state index contributed by atoms with van der Waals surface area (Å²) >= 11 is 0. The highest BCUT2D eigenvalue weighted by Gasteiger charge is 2.30. The summed E-state index contributed by atoms with van der Waals surface area (Å²) in [5, 5.41) is 3.04. The molecule has 0 bridgehead atoms. The first-order chi connectivity index (χ1) is 18.1. The third-order valence-corrected chi connectivity index (χ3v) is 6.64. The molecule has 0 fully saturated rings. The Labute approximate surface area is 228 Å². The molecular formula is C33H42N2O3. The van der Waals surface area contributed by atoms with Crippen LogP contribution in [-0.4, -0.2) is 35.9 Å². The number of ether oxygens (including phenoxy) is 1.